The van der Waals surface area contributed by atoms with E-state index in [1.807, 2.05) is 0 Å². The Kier molecular flexibility index (Phi) is 6.51. The summed E-state index contributed by atoms with van der Waals surface area (Å²) in [6, 6.07) is 8.80. The molecule has 1 saturated heterocycles. The van der Waals surface area contributed by atoms with Crippen molar-refractivity contribution < 1.29 is 9.47 Å². The van der Waals surface area contributed by atoms with Crippen LogP contribution in [0.3, 0.4) is 0 Å². The standard InChI is InChI=1S/C22H32O2/c1-3-23-21-13-8-18(9-14-21)6-7-19-10-15-22(24-16-19)20-11-4-17(2)5-12-20/h4-7,11-12,18-19,21-22H,3,8-10,13-16H2,1-2H3/b7-6+. The van der Waals surface area contributed by atoms with Gasteiger partial charge in [-0.1, -0.05) is 42.0 Å². The molecule has 0 aromatic heterocycles. The van der Waals surface area contributed by atoms with Crippen LogP contribution < -0.4 is 0 Å². The molecule has 0 N–H and O–H groups in total. The van der Waals surface area contributed by atoms with Crippen molar-refractivity contribution in [3.63, 3.8) is 0 Å². The minimum Gasteiger partial charge on any atom is -0.379 e. The second-order valence-corrected chi connectivity index (χ2v) is 7.45. The lowest BCUT2D eigenvalue weighted by Crippen LogP contribution is -2.22. The van der Waals surface area contributed by atoms with Crippen molar-refractivity contribution in [1.29, 1.82) is 0 Å². The second-order valence-electron chi connectivity index (χ2n) is 7.45. The lowest BCUT2D eigenvalue weighted by molar-refractivity contribution is -0.00548. The minimum atomic E-state index is 0.289. The molecule has 1 aromatic rings. The summed E-state index contributed by atoms with van der Waals surface area (Å²) in [6.07, 6.45) is 13.1. The maximum Gasteiger partial charge on any atom is 0.0825 e. The van der Waals surface area contributed by atoms with Crippen molar-refractivity contribution in [1.82, 2.24) is 0 Å². The molecule has 2 heteroatoms. The fraction of sp³-hybridized carbons (Fsp3) is 0.636. The molecule has 2 unspecified atom stereocenters. The van der Waals surface area contributed by atoms with E-state index in [0.29, 0.717) is 12.0 Å². The summed E-state index contributed by atoms with van der Waals surface area (Å²) in [5.74, 6) is 1.34. The SMILES string of the molecule is CCOC1CCC(/C=C/C2CCC(c3ccc(C)cc3)OC2)CC1. The number of hydrogen-bond acceptors (Lipinski definition) is 2. The zero-order chi connectivity index (χ0) is 16.8. The van der Waals surface area contributed by atoms with Gasteiger partial charge in [0.1, 0.15) is 0 Å². The summed E-state index contributed by atoms with van der Waals surface area (Å²) >= 11 is 0. The Bertz CT molecular complexity index is 503. The predicted octanol–water partition coefficient (Wildman–Crippen LogP) is 5.61. The Morgan fingerprint density at radius 2 is 1.62 bits per heavy atom. The van der Waals surface area contributed by atoms with Crippen molar-refractivity contribution >= 4 is 0 Å². The normalized spacial score (nSPS) is 31.4. The smallest absolute Gasteiger partial charge is 0.0825 e. The molecule has 0 spiro atoms. The van der Waals surface area contributed by atoms with Crippen molar-refractivity contribution in [2.24, 2.45) is 11.8 Å². The van der Waals surface area contributed by atoms with Crippen LogP contribution in [-0.2, 0) is 9.47 Å². The maximum atomic E-state index is 6.13. The first-order valence-electron chi connectivity index (χ1n) is 9.72. The Balaban J connectivity index is 1.41. The number of ether oxygens (including phenoxy) is 2. The van der Waals surface area contributed by atoms with Crippen LogP contribution in [0.5, 0.6) is 0 Å². The van der Waals surface area contributed by atoms with Crippen LogP contribution in [0, 0.1) is 18.8 Å². The molecule has 1 aromatic carbocycles. The molecule has 1 heterocycles. The highest BCUT2D eigenvalue weighted by molar-refractivity contribution is 5.23. The van der Waals surface area contributed by atoms with Crippen molar-refractivity contribution in [2.45, 2.75) is 64.6 Å². The topological polar surface area (TPSA) is 18.5 Å². The summed E-state index contributed by atoms with van der Waals surface area (Å²) < 4.78 is 11.9. The van der Waals surface area contributed by atoms with Gasteiger partial charge in [-0.05, 0) is 63.9 Å². The van der Waals surface area contributed by atoms with Gasteiger partial charge in [0, 0.05) is 12.5 Å². The molecule has 2 fully saturated rings. The fourth-order valence-electron chi connectivity index (χ4n) is 3.97. The average Bonchev–Trinajstić information content (AvgIpc) is 2.63. The highest BCUT2D eigenvalue weighted by Gasteiger charge is 2.23. The van der Waals surface area contributed by atoms with Crippen LogP contribution in [0.25, 0.3) is 0 Å². The summed E-state index contributed by atoms with van der Waals surface area (Å²) in [6.45, 7) is 5.95. The van der Waals surface area contributed by atoms with Crippen LogP contribution in [-0.4, -0.2) is 19.3 Å². The summed E-state index contributed by atoms with van der Waals surface area (Å²) in [4.78, 5) is 0. The number of rotatable bonds is 5. The van der Waals surface area contributed by atoms with E-state index in [-0.39, 0.29) is 6.10 Å². The van der Waals surface area contributed by atoms with Crippen molar-refractivity contribution in [3.05, 3.63) is 47.5 Å². The van der Waals surface area contributed by atoms with Gasteiger partial charge in [-0.25, -0.2) is 0 Å². The van der Waals surface area contributed by atoms with Crippen LogP contribution in [0.15, 0.2) is 36.4 Å². The molecular weight excluding hydrogens is 296 g/mol. The molecule has 0 amide bonds. The molecule has 2 nitrogen and oxygen atoms in total. The van der Waals surface area contributed by atoms with E-state index < -0.39 is 0 Å². The summed E-state index contributed by atoms with van der Waals surface area (Å²) in [5.41, 5.74) is 2.65. The molecule has 132 valence electrons. The van der Waals surface area contributed by atoms with Crippen molar-refractivity contribution in [3.8, 4) is 0 Å². The van der Waals surface area contributed by atoms with Crippen LogP contribution in [0.4, 0.5) is 0 Å². The molecule has 0 bridgehead atoms. The monoisotopic (exact) mass is 328 g/mol. The quantitative estimate of drug-likeness (QED) is 0.654. The lowest BCUT2D eigenvalue weighted by atomic mass is 9.85. The Morgan fingerprint density at radius 3 is 2.25 bits per heavy atom. The Morgan fingerprint density at radius 1 is 0.958 bits per heavy atom. The van der Waals surface area contributed by atoms with Gasteiger partial charge in [-0.3, -0.25) is 0 Å². The number of allylic oxidation sites excluding steroid dienone is 1. The first kappa shape index (κ1) is 17.7. The first-order chi connectivity index (χ1) is 11.7. The molecule has 1 saturated carbocycles. The van der Waals surface area contributed by atoms with E-state index >= 15 is 0 Å². The number of benzene rings is 1. The van der Waals surface area contributed by atoms with E-state index in [9.17, 15) is 0 Å². The maximum absolute atomic E-state index is 6.13. The molecule has 1 aliphatic carbocycles. The predicted molar refractivity (Wildman–Crippen MR) is 99.1 cm³/mol. The van der Waals surface area contributed by atoms with Gasteiger partial charge >= 0.3 is 0 Å². The highest BCUT2D eigenvalue weighted by Crippen LogP contribution is 2.32. The molecule has 3 rings (SSSR count). The second kappa shape index (κ2) is 8.82. The van der Waals surface area contributed by atoms with E-state index in [0.717, 1.165) is 25.6 Å². The van der Waals surface area contributed by atoms with E-state index in [2.05, 4.69) is 50.3 Å². The van der Waals surface area contributed by atoms with E-state index in [1.54, 1.807) is 0 Å². The zero-order valence-electron chi connectivity index (χ0n) is 15.2. The van der Waals surface area contributed by atoms with E-state index in [1.165, 1.54) is 43.2 Å². The van der Waals surface area contributed by atoms with Gasteiger partial charge in [0.05, 0.1) is 18.8 Å². The molecule has 1 aliphatic heterocycles. The van der Waals surface area contributed by atoms with E-state index in [4.69, 9.17) is 9.47 Å². The van der Waals surface area contributed by atoms with Crippen LogP contribution in [0.2, 0.25) is 0 Å². The number of aryl methyl sites for hydroxylation is 1. The summed E-state index contributed by atoms with van der Waals surface area (Å²) in [5, 5.41) is 0. The van der Waals surface area contributed by atoms with Gasteiger partial charge in [0.25, 0.3) is 0 Å². The highest BCUT2D eigenvalue weighted by atomic mass is 16.5. The van der Waals surface area contributed by atoms with Gasteiger partial charge < -0.3 is 9.47 Å². The fourth-order valence-corrected chi connectivity index (χ4v) is 3.97. The average molecular weight is 328 g/mol. The largest absolute Gasteiger partial charge is 0.379 e. The van der Waals surface area contributed by atoms with Gasteiger partial charge in [0.15, 0.2) is 0 Å². The zero-order valence-corrected chi connectivity index (χ0v) is 15.2. The minimum absolute atomic E-state index is 0.289. The molecular formula is C22H32O2. The van der Waals surface area contributed by atoms with Crippen molar-refractivity contribution in [2.75, 3.05) is 13.2 Å². The third-order valence-corrected chi connectivity index (χ3v) is 5.54. The van der Waals surface area contributed by atoms with Gasteiger partial charge in [0.2, 0.25) is 0 Å². The Labute approximate surface area is 147 Å². The first-order valence-corrected chi connectivity index (χ1v) is 9.72. The van der Waals surface area contributed by atoms with Gasteiger partial charge in [-0.2, -0.15) is 0 Å². The molecule has 24 heavy (non-hydrogen) atoms. The third-order valence-electron chi connectivity index (χ3n) is 5.54. The molecule has 2 atom stereocenters. The van der Waals surface area contributed by atoms with Crippen LogP contribution in [0.1, 0.15) is 62.7 Å². The molecule has 0 radical (unpaired) electrons. The Hall–Kier alpha value is -1.12. The van der Waals surface area contributed by atoms with Gasteiger partial charge in [-0.15, -0.1) is 0 Å². The summed E-state index contributed by atoms with van der Waals surface area (Å²) in [7, 11) is 0. The molecule has 2 aliphatic rings. The third kappa shape index (κ3) is 4.94. The lowest BCUT2D eigenvalue weighted by Gasteiger charge is -2.29. The van der Waals surface area contributed by atoms with Crippen LogP contribution >= 0.6 is 0 Å². The number of hydrogen-bond donors (Lipinski definition) is 0.